The Kier molecular flexibility index (Phi) is 3.33. The zero-order valence-electron chi connectivity index (χ0n) is 10.3. The Morgan fingerprint density at radius 3 is 2.71 bits per heavy atom. The van der Waals surface area contributed by atoms with Crippen LogP contribution in [0.2, 0.25) is 0 Å². The van der Waals surface area contributed by atoms with Gasteiger partial charge in [-0.2, -0.15) is 0 Å². The van der Waals surface area contributed by atoms with E-state index in [2.05, 4.69) is 0 Å². The summed E-state index contributed by atoms with van der Waals surface area (Å²) in [7, 11) is 3.12. The Morgan fingerprint density at radius 2 is 2.06 bits per heavy atom. The number of carbonyl (C=O) groups is 1. The molecule has 4 heteroatoms. The number of hydrogen-bond acceptors (Lipinski definition) is 4. The van der Waals surface area contributed by atoms with E-state index in [1.807, 2.05) is 13.0 Å². The molecule has 0 bridgehead atoms. The van der Waals surface area contributed by atoms with Crippen molar-refractivity contribution >= 4 is 5.78 Å². The summed E-state index contributed by atoms with van der Waals surface area (Å²) in [5.74, 6) is 1.07. The maximum absolute atomic E-state index is 12.0. The average Bonchev–Trinajstić information content (AvgIpc) is 2.52. The molecular weight excluding hydrogens is 220 g/mol. The summed E-state index contributed by atoms with van der Waals surface area (Å²) in [6.07, 6.45) is 0.729. The smallest absolute Gasteiger partial charge is 0.192 e. The van der Waals surface area contributed by atoms with Crippen LogP contribution in [0.4, 0.5) is 0 Å². The van der Waals surface area contributed by atoms with E-state index in [0.717, 1.165) is 17.5 Å². The second-order valence-corrected chi connectivity index (χ2v) is 4.01. The molecule has 0 aromatic heterocycles. The largest absolute Gasteiger partial charge is 0.493 e. The molecule has 1 aromatic rings. The number of ketones is 1. The van der Waals surface area contributed by atoms with E-state index in [0.29, 0.717) is 23.7 Å². The number of rotatable bonds is 2. The minimum absolute atomic E-state index is 0.0450. The molecule has 4 nitrogen and oxygen atoms in total. The Bertz CT molecular complexity index is 451. The Labute approximate surface area is 100 Å². The maximum Gasteiger partial charge on any atom is 0.192 e. The van der Waals surface area contributed by atoms with Gasteiger partial charge >= 0.3 is 0 Å². The fourth-order valence-electron chi connectivity index (χ4n) is 2.19. The van der Waals surface area contributed by atoms with Crippen molar-refractivity contribution in [2.24, 2.45) is 0 Å². The third kappa shape index (κ3) is 2.00. The average molecular weight is 236 g/mol. The van der Waals surface area contributed by atoms with Crippen LogP contribution in [0.25, 0.3) is 0 Å². The molecule has 2 rings (SSSR count). The lowest BCUT2D eigenvalue weighted by Crippen LogP contribution is -2.10. The number of aryl methyl sites for hydroxylation is 1. The van der Waals surface area contributed by atoms with E-state index < -0.39 is 0 Å². The van der Waals surface area contributed by atoms with Crippen molar-refractivity contribution in [1.29, 1.82) is 0 Å². The van der Waals surface area contributed by atoms with Crippen molar-refractivity contribution in [3.8, 4) is 11.5 Å². The predicted molar refractivity (Wildman–Crippen MR) is 63.1 cm³/mol. The van der Waals surface area contributed by atoms with Gasteiger partial charge in [-0.3, -0.25) is 4.79 Å². The molecule has 0 saturated carbocycles. The zero-order valence-corrected chi connectivity index (χ0v) is 10.3. The van der Waals surface area contributed by atoms with Crippen LogP contribution in [0.1, 0.15) is 21.5 Å². The minimum atomic E-state index is -0.0450. The van der Waals surface area contributed by atoms with Gasteiger partial charge < -0.3 is 14.2 Å². The predicted octanol–water partition coefficient (Wildman–Crippen LogP) is 1.77. The SMILES string of the molecule is COc1cc(C)c2c(c1OC)C(=O)COCC2. The first-order chi connectivity index (χ1) is 8.19. The second-order valence-electron chi connectivity index (χ2n) is 4.01. The molecule has 1 aliphatic rings. The molecule has 0 atom stereocenters. The van der Waals surface area contributed by atoms with Gasteiger partial charge in [-0.25, -0.2) is 0 Å². The fraction of sp³-hybridized carbons (Fsp3) is 0.462. The first kappa shape index (κ1) is 11.9. The van der Waals surface area contributed by atoms with Crippen LogP contribution in [-0.2, 0) is 11.2 Å². The highest BCUT2D eigenvalue weighted by atomic mass is 16.5. The first-order valence-corrected chi connectivity index (χ1v) is 5.54. The molecular formula is C13H16O4. The standard InChI is InChI=1S/C13H16O4/c1-8-6-11(15-2)13(16-3)12-9(8)4-5-17-7-10(12)14/h6H,4-5,7H2,1-3H3. The van der Waals surface area contributed by atoms with Crippen molar-refractivity contribution in [3.63, 3.8) is 0 Å². The van der Waals surface area contributed by atoms with Crippen LogP contribution in [-0.4, -0.2) is 33.2 Å². The van der Waals surface area contributed by atoms with Crippen molar-refractivity contribution in [2.75, 3.05) is 27.4 Å². The summed E-state index contributed by atoms with van der Waals surface area (Å²) < 4.78 is 15.8. The van der Waals surface area contributed by atoms with Crippen LogP contribution in [0.3, 0.4) is 0 Å². The van der Waals surface area contributed by atoms with Gasteiger partial charge in [0.1, 0.15) is 6.61 Å². The van der Waals surface area contributed by atoms with Crippen molar-refractivity contribution in [3.05, 3.63) is 22.8 Å². The first-order valence-electron chi connectivity index (χ1n) is 5.54. The molecule has 0 aliphatic carbocycles. The summed E-state index contributed by atoms with van der Waals surface area (Å²) in [4.78, 5) is 12.0. The summed E-state index contributed by atoms with van der Waals surface area (Å²) in [6, 6.07) is 1.90. The molecule has 92 valence electrons. The van der Waals surface area contributed by atoms with Crippen LogP contribution < -0.4 is 9.47 Å². The highest BCUT2D eigenvalue weighted by molar-refractivity contribution is 6.02. The van der Waals surface area contributed by atoms with Gasteiger partial charge in [-0.15, -0.1) is 0 Å². The van der Waals surface area contributed by atoms with Crippen molar-refractivity contribution < 1.29 is 19.0 Å². The van der Waals surface area contributed by atoms with Crippen LogP contribution in [0.15, 0.2) is 6.07 Å². The number of ether oxygens (including phenoxy) is 3. The molecule has 0 N–H and O–H groups in total. The second kappa shape index (κ2) is 4.75. The van der Waals surface area contributed by atoms with E-state index in [1.165, 1.54) is 0 Å². The number of methoxy groups -OCH3 is 2. The van der Waals surface area contributed by atoms with Crippen molar-refractivity contribution in [1.82, 2.24) is 0 Å². The Hall–Kier alpha value is -1.55. The molecule has 0 amide bonds. The van der Waals surface area contributed by atoms with Gasteiger partial charge in [0.2, 0.25) is 0 Å². The lowest BCUT2D eigenvalue weighted by Gasteiger charge is -2.16. The third-order valence-electron chi connectivity index (χ3n) is 3.01. The van der Waals surface area contributed by atoms with Gasteiger partial charge in [0.15, 0.2) is 17.3 Å². The highest BCUT2D eigenvalue weighted by Crippen LogP contribution is 2.37. The van der Waals surface area contributed by atoms with E-state index in [1.54, 1.807) is 14.2 Å². The molecule has 0 radical (unpaired) electrons. The molecule has 0 unspecified atom stereocenters. The van der Waals surface area contributed by atoms with Crippen LogP contribution in [0.5, 0.6) is 11.5 Å². The molecule has 0 saturated heterocycles. The summed E-state index contributed by atoms with van der Waals surface area (Å²) >= 11 is 0. The monoisotopic (exact) mass is 236 g/mol. The molecule has 0 fully saturated rings. The molecule has 17 heavy (non-hydrogen) atoms. The minimum Gasteiger partial charge on any atom is -0.493 e. The van der Waals surface area contributed by atoms with Gasteiger partial charge in [0, 0.05) is 0 Å². The lowest BCUT2D eigenvalue weighted by atomic mass is 9.95. The quantitative estimate of drug-likeness (QED) is 0.785. The van der Waals surface area contributed by atoms with Gasteiger partial charge in [-0.1, -0.05) is 0 Å². The number of carbonyl (C=O) groups excluding carboxylic acids is 1. The number of Topliss-reactive ketones (excluding diaryl/α,β-unsaturated/α-hetero) is 1. The molecule has 1 aliphatic heterocycles. The lowest BCUT2D eigenvalue weighted by molar-refractivity contribution is 0.0786. The highest BCUT2D eigenvalue weighted by Gasteiger charge is 2.25. The number of fused-ring (bicyclic) bond motifs is 1. The fourth-order valence-corrected chi connectivity index (χ4v) is 2.19. The van der Waals surface area contributed by atoms with Crippen LogP contribution >= 0.6 is 0 Å². The Morgan fingerprint density at radius 1 is 1.29 bits per heavy atom. The van der Waals surface area contributed by atoms with E-state index in [9.17, 15) is 4.79 Å². The van der Waals surface area contributed by atoms with E-state index in [4.69, 9.17) is 14.2 Å². The third-order valence-corrected chi connectivity index (χ3v) is 3.01. The Balaban J connectivity index is 2.69. The van der Waals surface area contributed by atoms with E-state index in [-0.39, 0.29) is 12.4 Å². The normalized spacial score (nSPS) is 15.1. The summed E-state index contributed by atoms with van der Waals surface area (Å²) in [6.45, 7) is 2.64. The van der Waals surface area contributed by atoms with Gasteiger partial charge in [0.25, 0.3) is 0 Å². The number of hydrogen-bond donors (Lipinski definition) is 0. The number of benzene rings is 1. The zero-order chi connectivity index (χ0) is 12.4. The molecule has 0 spiro atoms. The van der Waals surface area contributed by atoms with Gasteiger partial charge in [0.05, 0.1) is 26.4 Å². The van der Waals surface area contributed by atoms with E-state index >= 15 is 0 Å². The molecule has 1 aromatic carbocycles. The van der Waals surface area contributed by atoms with Crippen molar-refractivity contribution in [2.45, 2.75) is 13.3 Å². The van der Waals surface area contributed by atoms with Gasteiger partial charge in [-0.05, 0) is 30.5 Å². The molecule has 1 heterocycles. The maximum atomic E-state index is 12.0. The summed E-state index contributed by atoms with van der Waals surface area (Å²) in [5.41, 5.74) is 2.66. The topological polar surface area (TPSA) is 44.8 Å². The summed E-state index contributed by atoms with van der Waals surface area (Å²) in [5, 5.41) is 0. The van der Waals surface area contributed by atoms with Crippen LogP contribution in [0, 0.1) is 6.92 Å².